The summed E-state index contributed by atoms with van der Waals surface area (Å²) in [6, 6.07) is 40.3. The number of aromatic nitrogens is 6. The third-order valence-electron chi connectivity index (χ3n) is 21.0. The van der Waals surface area contributed by atoms with Gasteiger partial charge in [0.05, 0.1) is 96.9 Å². The quantitative estimate of drug-likeness (QED) is 0.0108. The first kappa shape index (κ1) is 105. The zero-order chi connectivity index (χ0) is 92.9. The summed E-state index contributed by atoms with van der Waals surface area (Å²) in [5, 5.41) is 22.3. The molecule has 1 amide bonds. The van der Waals surface area contributed by atoms with Crippen molar-refractivity contribution < 1.29 is 123 Å². The number of nitrogens with zero attached hydrogens (tertiary/aromatic N) is 4. The van der Waals surface area contributed by atoms with Crippen molar-refractivity contribution in [1.82, 2.24) is 37.7 Å². The Morgan fingerprint density at radius 1 is 0.426 bits per heavy atom. The molecular weight excluding hydrogens is 1780 g/mol. The number of aliphatic hydroxyl groups is 1. The zero-order valence-corrected chi connectivity index (χ0v) is 78.0. The van der Waals surface area contributed by atoms with E-state index >= 15 is 0 Å². The fraction of sp³-hybridized carbons (Fsp3) is 0.271. The number of nitrogens with one attached hydrogen (secondary N) is 4. The molecule has 4 aromatic carbocycles. The first-order chi connectivity index (χ1) is 60.5. The number of hydrogen-bond acceptors (Lipinski definition) is 14. The molecule has 0 radical (unpaired) electrons. The summed E-state index contributed by atoms with van der Waals surface area (Å²) in [5.74, 6) is -7.11. The van der Waals surface area contributed by atoms with Gasteiger partial charge in [-0.3, -0.25) is 14.4 Å². The molecule has 10 heterocycles. The number of carboxylic acids is 1. The van der Waals surface area contributed by atoms with Crippen molar-refractivity contribution in [3.05, 3.63) is 373 Å². The Labute approximate surface area is 775 Å². The fourth-order valence-electron chi connectivity index (χ4n) is 14.6. The first-order valence-corrected chi connectivity index (χ1v) is 41.8. The summed E-state index contributed by atoms with van der Waals surface area (Å²) in [7, 11) is 0. The number of pyridine rings is 6. The number of halogens is 10. The minimum absolute atomic E-state index is 0. The van der Waals surface area contributed by atoms with Crippen molar-refractivity contribution in [3.8, 4) is 0 Å². The van der Waals surface area contributed by atoms with Crippen LogP contribution >= 0.6 is 27.7 Å². The van der Waals surface area contributed by atoms with Crippen molar-refractivity contribution >= 4 is 73.6 Å². The molecule has 33 heteroatoms. The second-order valence-corrected chi connectivity index (χ2v) is 30.4. The molecule has 22 nitrogen and oxygen atoms in total. The van der Waals surface area contributed by atoms with Gasteiger partial charge < -0.3 is 72.3 Å². The maximum absolute atomic E-state index is 14.1. The number of hydrogen-bond donors (Lipinski definition) is 6. The monoisotopic (exact) mass is 1880 g/mol. The predicted octanol–water partition coefficient (Wildman–Crippen LogP) is 17.9. The van der Waals surface area contributed by atoms with Gasteiger partial charge >= 0.3 is 47.5 Å². The number of aromatic amines is 2. The van der Waals surface area contributed by atoms with Gasteiger partial charge in [0, 0.05) is 116 Å². The molecular formula is C96H99BrClF8N8NaO14. The SMILES string of the molecule is CCOC(=O)c1cc2cccn2c(C(C)O)c1C.CCOC(=O)c1cc2cccn2c(C(C)OCc2c(F)cccc2F)c1C.Cc1c(C(=O)O)cc2cccn2c1C(C)OCc1c(F)cccc1F.Cc1cc(C)c(CNC(=O)c2cc3cccn3c(C(C)OCc3c(F)cccc3F)c2C)c(=O)[nH]1.Cc1cc(C)c(CNCl)c(=O)[nH]1.Fc1cccc(F)c1CBr.[Na+].[OH-]. The van der Waals surface area contributed by atoms with Crippen LogP contribution < -0.4 is 50.8 Å². The van der Waals surface area contributed by atoms with Crippen LogP contribution in [-0.4, -0.2) is 80.3 Å². The molecule has 129 heavy (non-hydrogen) atoms. The Morgan fingerprint density at radius 3 is 1.01 bits per heavy atom. The molecule has 0 aliphatic rings. The number of carbonyl (C=O) groups excluding carboxylic acids is 3. The number of alkyl halides is 1. The number of carbonyl (C=O) groups is 4. The van der Waals surface area contributed by atoms with Crippen LogP contribution in [0.25, 0.3) is 22.1 Å². The van der Waals surface area contributed by atoms with Crippen LogP contribution in [0.4, 0.5) is 35.1 Å². The van der Waals surface area contributed by atoms with E-state index in [2.05, 4.69) is 36.1 Å². The summed E-state index contributed by atoms with van der Waals surface area (Å²) >= 11 is 8.30. The van der Waals surface area contributed by atoms with Gasteiger partial charge in [-0.05, 0) is 276 Å². The fourth-order valence-corrected chi connectivity index (χ4v) is 15.3. The minimum Gasteiger partial charge on any atom is -0.870 e. The average Bonchev–Trinajstić information content (AvgIpc) is 1.71. The van der Waals surface area contributed by atoms with Crippen molar-refractivity contribution in [1.29, 1.82) is 0 Å². The number of aliphatic hydroxyl groups excluding tert-OH is 1. The Hall–Kier alpha value is -11.3. The van der Waals surface area contributed by atoms with Crippen LogP contribution in [-0.2, 0) is 61.9 Å². The molecule has 0 saturated carbocycles. The number of amides is 1. The van der Waals surface area contributed by atoms with Gasteiger partial charge in [-0.2, -0.15) is 0 Å². The van der Waals surface area contributed by atoms with E-state index in [9.17, 15) is 74.1 Å². The first-order valence-electron chi connectivity index (χ1n) is 40.3. The molecule has 4 unspecified atom stereocenters. The summed E-state index contributed by atoms with van der Waals surface area (Å²) in [5.41, 5.74) is 14.2. The summed E-state index contributed by atoms with van der Waals surface area (Å²) in [6.45, 7) is 25.4. The molecule has 0 spiro atoms. The Bertz CT molecular complexity index is 6350. The number of carboxylic acid groups (broad SMARTS) is 1. The second kappa shape index (κ2) is 48.4. The van der Waals surface area contributed by atoms with Crippen molar-refractivity contribution in [2.45, 2.75) is 160 Å². The number of H-pyrrole nitrogens is 2. The number of ether oxygens (including phenoxy) is 5. The molecule has 0 fully saturated rings. The van der Waals surface area contributed by atoms with Crippen LogP contribution in [0.2, 0.25) is 0 Å². The third kappa shape index (κ3) is 25.8. The van der Waals surface area contributed by atoms with Gasteiger partial charge in [0.2, 0.25) is 0 Å². The van der Waals surface area contributed by atoms with Gasteiger partial charge in [-0.1, -0.05) is 40.2 Å². The number of aryl methyl sites for hydroxylation is 4. The van der Waals surface area contributed by atoms with Crippen LogP contribution in [0.5, 0.6) is 0 Å². The number of benzene rings is 4. The summed E-state index contributed by atoms with van der Waals surface area (Å²) in [4.78, 5) is 80.4. The van der Waals surface area contributed by atoms with E-state index in [-0.39, 0.29) is 124 Å². The molecule has 0 saturated heterocycles. The molecule has 14 rings (SSSR count). The smallest absolute Gasteiger partial charge is 0.870 e. The van der Waals surface area contributed by atoms with Gasteiger partial charge in [0.15, 0.2) is 0 Å². The van der Waals surface area contributed by atoms with E-state index in [1.54, 1.807) is 105 Å². The molecule has 678 valence electrons. The summed E-state index contributed by atoms with van der Waals surface area (Å²) < 4.78 is 143. The van der Waals surface area contributed by atoms with E-state index in [1.807, 2.05) is 119 Å². The maximum atomic E-state index is 14.1. The van der Waals surface area contributed by atoms with Crippen LogP contribution in [0, 0.1) is 102 Å². The van der Waals surface area contributed by atoms with Crippen molar-refractivity contribution in [2.24, 2.45) is 0 Å². The zero-order valence-electron chi connectivity index (χ0n) is 73.7. The number of aromatic carboxylic acids is 1. The number of esters is 2. The van der Waals surface area contributed by atoms with E-state index in [0.717, 1.165) is 56.0 Å². The predicted molar refractivity (Wildman–Crippen MR) is 475 cm³/mol. The average molecular weight is 1880 g/mol. The van der Waals surface area contributed by atoms with Gasteiger partial charge in [0.1, 0.15) is 46.5 Å². The third-order valence-corrected chi connectivity index (χ3v) is 21.7. The molecule has 7 N–H and O–H groups in total. The molecule has 14 aromatic rings. The van der Waals surface area contributed by atoms with Crippen molar-refractivity contribution in [3.63, 3.8) is 0 Å². The van der Waals surface area contributed by atoms with Gasteiger partial charge in [-0.25, -0.2) is 54.3 Å². The van der Waals surface area contributed by atoms with Gasteiger partial charge in [-0.15, -0.1) is 0 Å². The second-order valence-electron chi connectivity index (χ2n) is 29.6. The Kier molecular flexibility index (Phi) is 39.3. The van der Waals surface area contributed by atoms with Crippen LogP contribution in [0.3, 0.4) is 0 Å². The molecule has 10 aromatic heterocycles. The van der Waals surface area contributed by atoms with Gasteiger partial charge in [0.25, 0.3) is 17.0 Å². The standard InChI is InChI=1S/C27H27F2N3O3.C21H21F2NO3.C19H17F2NO3.C14H17NO3.C8H11ClN2O.C7H5BrF2.Na.H2O/c1-15-11-16(2)31-27(34)21(15)13-30-26(33)20-12-19-7-6-10-32(19)25(17(20)3)18(4)35-14-22-23(28)8-5-9-24(22)29;1-4-26-21(25)16-11-15-7-6-10-24(15)20(13(16)2)14(3)27-12-17-18(22)8-5-9-19(17)23;1-11-14(19(23)24)9-13-5-4-8-22(13)18(11)12(2)25-10-15-16(20)6-3-7-17(15)21;1-4-18-14(17)12-8-11-6-5-7-15(11)13(9(12)2)10(3)16;1-5-3-6(2)11-8(12)7(5)4-10-9;8-4-5-6(9)2-1-3-7(5)10;;/h5-12,18H,13-14H2,1-4H3,(H,30,33)(H,31,34);5-11,14H,4,12H2,1-3H3;3-9,12H,10H2,1-2H3,(H,23,24);5-8,10,16H,4H2,1-3H3;3,10H,4H2,1-2H3,(H,11,12);1-3H,4H2;;1H2/q;;;;;;+1;/p-1. The summed E-state index contributed by atoms with van der Waals surface area (Å²) in [6.07, 6.45) is 5.09. The van der Waals surface area contributed by atoms with E-state index < -0.39 is 82.9 Å². The normalized spacial score (nSPS) is 11.8. The molecule has 0 aliphatic heterocycles. The van der Waals surface area contributed by atoms with E-state index in [0.29, 0.717) is 74.6 Å². The van der Waals surface area contributed by atoms with Crippen LogP contribution in [0.1, 0.15) is 208 Å². The maximum Gasteiger partial charge on any atom is 1.00 e. The van der Waals surface area contributed by atoms with Crippen LogP contribution in [0.15, 0.2) is 192 Å². The van der Waals surface area contributed by atoms with E-state index in [4.69, 9.17) is 35.5 Å². The Morgan fingerprint density at radius 2 is 0.713 bits per heavy atom. The molecule has 0 aliphatic carbocycles. The Balaban J connectivity index is 0.000000220. The molecule has 4 atom stereocenters. The number of rotatable bonds is 24. The minimum atomic E-state index is -1.03. The largest absolute Gasteiger partial charge is 1.00 e. The van der Waals surface area contributed by atoms with E-state index in [1.165, 1.54) is 72.8 Å². The molecule has 0 bridgehead atoms. The number of fused-ring (bicyclic) bond motifs is 4. The van der Waals surface area contributed by atoms with Crippen molar-refractivity contribution in [2.75, 3.05) is 13.2 Å². The topological polar surface area (TPSA) is 292 Å².